The van der Waals surface area contributed by atoms with Crippen molar-refractivity contribution >= 4 is 17.5 Å². The first kappa shape index (κ1) is 12.6. The normalized spacial score (nSPS) is 18.6. The number of benzene rings is 1. The minimum Gasteiger partial charge on any atom is -0.368 e. The molecule has 0 aliphatic carbocycles. The Balaban J connectivity index is 2.47. The fourth-order valence-corrected chi connectivity index (χ4v) is 2.23. The van der Waals surface area contributed by atoms with Gasteiger partial charge in [-0.25, -0.2) is 0 Å². The van der Waals surface area contributed by atoms with Gasteiger partial charge in [-0.3, -0.25) is 14.5 Å². The van der Waals surface area contributed by atoms with Gasteiger partial charge in [0.2, 0.25) is 11.8 Å². The minimum absolute atomic E-state index is 0.0729. The third kappa shape index (κ3) is 1.98. The Kier molecular flexibility index (Phi) is 2.89. The highest BCUT2D eigenvalue weighted by atomic mass is 16.2. The lowest BCUT2D eigenvalue weighted by atomic mass is 9.94. The molecule has 0 radical (unpaired) electrons. The van der Waals surface area contributed by atoms with Crippen molar-refractivity contribution in [1.29, 1.82) is 0 Å². The van der Waals surface area contributed by atoms with E-state index in [-0.39, 0.29) is 5.91 Å². The molecule has 0 bridgehead atoms. The van der Waals surface area contributed by atoms with Crippen LogP contribution in [0.4, 0.5) is 5.69 Å². The molecule has 0 aromatic heterocycles. The quantitative estimate of drug-likeness (QED) is 0.815. The number of nitrogens with zero attached hydrogens (tertiary/aromatic N) is 1. The summed E-state index contributed by atoms with van der Waals surface area (Å²) < 4.78 is 0. The summed E-state index contributed by atoms with van der Waals surface area (Å²) in [5.41, 5.74) is 6.68. The number of carbonyl (C=O) groups is 2. The second-order valence-corrected chi connectivity index (χ2v) is 5.68. The average molecular weight is 246 g/mol. The number of hydrogen-bond acceptors (Lipinski definition) is 2. The van der Waals surface area contributed by atoms with Gasteiger partial charge in [0.15, 0.2) is 0 Å². The van der Waals surface area contributed by atoms with Crippen LogP contribution in [0.5, 0.6) is 0 Å². The van der Waals surface area contributed by atoms with Crippen LogP contribution in [0.15, 0.2) is 24.3 Å². The van der Waals surface area contributed by atoms with Gasteiger partial charge in [-0.1, -0.05) is 39.0 Å². The van der Waals surface area contributed by atoms with Gasteiger partial charge >= 0.3 is 0 Å². The van der Waals surface area contributed by atoms with E-state index in [9.17, 15) is 9.59 Å². The zero-order valence-corrected chi connectivity index (χ0v) is 10.9. The molecule has 0 fully saturated rings. The summed E-state index contributed by atoms with van der Waals surface area (Å²) in [6.07, 6.45) is 0.507. The second-order valence-electron chi connectivity index (χ2n) is 5.68. The molecule has 2 amide bonds. The predicted octanol–water partition coefficient (Wildman–Crippen LogP) is 1.48. The first-order chi connectivity index (χ1) is 8.32. The number of primary amides is 1. The van der Waals surface area contributed by atoms with Gasteiger partial charge in [0.25, 0.3) is 0 Å². The van der Waals surface area contributed by atoms with Crippen LogP contribution in [0.2, 0.25) is 0 Å². The largest absolute Gasteiger partial charge is 0.368 e. The molecule has 1 aliphatic rings. The molecule has 0 spiro atoms. The van der Waals surface area contributed by atoms with Gasteiger partial charge in [-0.05, 0) is 11.6 Å². The predicted molar refractivity (Wildman–Crippen MR) is 70.1 cm³/mol. The number of para-hydroxylation sites is 1. The number of fused-ring (bicyclic) bond motifs is 1. The summed E-state index contributed by atoms with van der Waals surface area (Å²) >= 11 is 0. The van der Waals surface area contributed by atoms with Gasteiger partial charge < -0.3 is 5.73 Å². The van der Waals surface area contributed by atoms with Crippen LogP contribution in [-0.4, -0.2) is 17.9 Å². The van der Waals surface area contributed by atoms with Crippen LogP contribution in [0, 0.1) is 5.41 Å². The molecule has 0 saturated heterocycles. The smallest absolute Gasteiger partial charge is 0.240 e. The molecule has 1 atom stereocenters. The maximum atomic E-state index is 12.5. The van der Waals surface area contributed by atoms with Crippen molar-refractivity contribution < 1.29 is 9.59 Å². The Morgan fingerprint density at radius 3 is 2.44 bits per heavy atom. The molecule has 18 heavy (non-hydrogen) atoms. The van der Waals surface area contributed by atoms with Crippen molar-refractivity contribution in [1.82, 2.24) is 0 Å². The van der Waals surface area contributed by atoms with Crippen molar-refractivity contribution in [2.75, 3.05) is 4.90 Å². The molecule has 1 heterocycles. The van der Waals surface area contributed by atoms with E-state index in [4.69, 9.17) is 5.73 Å². The summed E-state index contributed by atoms with van der Waals surface area (Å²) in [4.78, 5) is 25.6. The first-order valence-corrected chi connectivity index (χ1v) is 6.03. The van der Waals surface area contributed by atoms with E-state index in [1.807, 2.05) is 45.0 Å². The molecule has 96 valence electrons. The van der Waals surface area contributed by atoms with Crippen molar-refractivity contribution in [2.24, 2.45) is 11.1 Å². The summed E-state index contributed by atoms with van der Waals surface area (Å²) in [6.45, 7) is 5.52. The van der Waals surface area contributed by atoms with Crippen molar-refractivity contribution in [3.8, 4) is 0 Å². The van der Waals surface area contributed by atoms with Crippen LogP contribution >= 0.6 is 0 Å². The minimum atomic E-state index is -0.561. The van der Waals surface area contributed by atoms with Crippen LogP contribution in [-0.2, 0) is 16.0 Å². The van der Waals surface area contributed by atoms with E-state index < -0.39 is 17.4 Å². The molecule has 2 rings (SSSR count). The van der Waals surface area contributed by atoms with Crippen molar-refractivity contribution in [3.63, 3.8) is 0 Å². The number of hydrogen-bond donors (Lipinski definition) is 1. The van der Waals surface area contributed by atoms with Crippen molar-refractivity contribution in [3.05, 3.63) is 29.8 Å². The monoisotopic (exact) mass is 246 g/mol. The first-order valence-electron chi connectivity index (χ1n) is 6.03. The molecular formula is C14H18N2O2. The lowest BCUT2D eigenvalue weighted by Crippen LogP contribution is -2.49. The molecule has 1 aromatic carbocycles. The van der Waals surface area contributed by atoms with Gasteiger partial charge in [0.1, 0.15) is 6.04 Å². The zero-order chi connectivity index (χ0) is 13.5. The number of nitrogens with two attached hydrogens (primary N) is 1. The molecule has 1 unspecified atom stereocenters. The van der Waals surface area contributed by atoms with Crippen LogP contribution < -0.4 is 10.6 Å². The van der Waals surface area contributed by atoms with E-state index >= 15 is 0 Å². The number of anilines is 1. The third-order valence-corrected chi connectivity index (χ3v) is 3.16. The van der Waals surface area contributed by atoms with Gasteiger partial charge in [0, 0.05) is 17.5 Å². The molecule has 4 heteroatoms. The molecule has 1 aliphatic heterocycles. The van der Waals surface area contributed by atoms with E-state index in [0.717, 1.165) is 11.3 Å². The maximum Gasteiger partial charge on any atom is 0.240 e. The fourth-order valence-electron chi connectivity index (χ4n) is 2.23. The Morgan fingerprint density at radius 2 is 1.89 bits per heavy atom. The topological polar surface area (TPSA) is 63.4 Å². The van der Waals surface area contributed by atoms with Crippen LogP contribution in [0.3, 0.4) is 0 Å². The third-order valence-electron chi connectivity index (χ3n) is 3.16. The van der Waals surface area contributed by atoms with Gasteiger partial charge in [-0.15, -0.1) is 0 Å². The highest BCUT2D eigenvalue weighted by molar-refractivity contribution is 6.05. The Bertz CT molecular complexity index is 503. The van der Waals surface area contributed by atoms with Crippen LogP contribution in [0.25, 0.3) is 0 Å². The fraction of sp³-hybridized carbons (Fsp3) is 0.429. The number of rotatable bonds is 1. The van der Waals surface area contributed by atoms with Crippen molar-refractivity contribution in [2.45, 2.75) is 33.2 Å². The second kappa shape index (κ2) is 4.12. The summed E-state index contributed by atoms with van der Waals surface area (Å²) in [7, 11) is 0. The number of amides is 2. The standard InChI is InChI=1S/C14H18N2O2/c1-14(2,3)13(18)16-10-7-5-4-6-9(10)8-11(16)12(15)17/h4-7,11H,8H2,1-3H3,(H2,15,17). The van der Waals surface area contributed by atoms with Crippen LogP contribution in [0.1, 0.15) is 26.3 Å². The number of carbonyl (C=O) groups excluding carboxylic acids is 2. The maximum absolute atomic E-state index is 12.5. The van der Waals surface area contributed by atoms with Gasteiger partial charge in [-0.2, -0.15) is 0 Å². The van der Waals surface area contributed by atoms with E-state index in [0.29, 0.717) is 6.42 Å². The summed E-state index contributed by atoms with van der Waals surface area (Å²) in [5, 5.41) is 0. The lowest BCUT2D eigenvalue weighted by Gasteiger charge is -2.30. The Morgan fingerprint density at radius 1 is 1.28 bits per heavy atom. The highest BCUT2D eigenvalue weighted by Gasteiger charge is 2.40. The lowest BCUT2D eigenvalue weighted by molar-refractivity contribution is -0.129. The molecule has 2 N–H and O–H groups in total. The Hall–Kier alpha value is -1.84. The summed E-state index contributed by atoms with van der Waals surface area (Å²) in [5.74, 6) is -0.528. The molecule has 0 saturated carbocycles. The summed E-state index contributed by atoms with van der Waals surface area (Å²) in [6, 6.07) is 7.00. The van der Waals surface area contributed by atoms with E-state index in [2.05, 4.69) is 0 Å². The Labute approximate surface area is 107 Å². The van der Waals surface area contributed by atoms with E-state index in [1.54, 1.807) is 4.90 Å². The molecular weight excluding hydrogens is 228 g/mol. The molecule has 1 aromatic rings. The SMILES string of the molecule is CC(C)(C)C(=O)N1c2ccccc2CC1C(N)=O. The zero-order valence-electron chi connectivity index (χ0n) is 10.9. The average Bonchev–Trinajstić information content (AvgIpc) is 2.65. The van der Waals surface area contributed by atoms with E-state index in [1.165, 1.54) is 0 Å². The van der Waals surface area contributed by atoms with Gasteiger partial charge in [0.05, 0.1) is 0 Å². The highest BCUT2D eigenvalue weighted by Crippen LogP contribution is 2.35. The molecule has 4 nitrogen and oxygen atoms in total.